The van der Waals surface area contributed by atoms with Crippen molar-refractivity contribution >= 4 is 12.2 Å². The molecule has 0 aliphatic carbocycles. The highest BCUT2D eigenvalue weighted by Gasteiger charge is 1.90. The lowest BCUT2D eigenvalue weighted by Crippen LogP contribution is -1.77. The van der Waals surface area contributed by atoms with Crippen LogP contribution in [0.3, 0.4) is 0 Å². The molecule has 0 aliphatic heterocycles. The SMILES string of the molecule is C(#Cc1ccc(/C=C/c2ccccc2)cc1)c1ccccc1. The third kappa shape index (κ3) is 3.98. The van der Waals surface area contributed by atoms with E-state index in [1.165, 1.54) is 11.1 Å². The van der Waals surface area contributed by atoms with E-state index in [-0.39, 0.29) is 0 Å². The summed E-state index contributed by atoms with van der Waals surface area (Å²) in [6.45, 7) is 0. The van der Waals surface area contributed by atoms with Gasteiger partial charge in [0.05, 0.1) is 0 Å². The minimum absolute atomic E-state index is 1.03. The van der Waals surface area contributed by atoms with E-state index in [9.17, 15) is 0 Å². The molecule has 0 atom stereocenters. The Bertz CT molecular complexity index is 799. The van der Waals surface area contributed by atoms with E-state index in [0.717, 1.165) is 11.1 Å². The van der Waals surface area contributed by atoms with E-state index >= 15 is 0 Å². The summed E-state index contributed by atoms with van der Waals surface area (Å²) >= 11 is 0. The van der Waals surface area contributed by atoms with Crippen LogP contribution in [0.1, 0.15) is 22.3 Å². The molecule has 0 unspecified atom stereocenters. The Morgan fingerprint density at radius 3 is 1.50 bits per heavy atom. The number of rotatable bonds is 2. The second-order valence-electron chi connectivity index (χ2n) is 4.98. The van der Waals surface area contributed by atoms with Crippen molar-refractivity contribution in [2.45, 2.75) is 0 Å². The molecule has 0 fully saturated rings. The summed E-state index contributed by atoms with van der Waals surface area (Å²) in [6, 6.07) is 28.6. The normalized spacial score (nSPS) is 10.2. The topological polar surface area (TPSA) is 0 Å². The molecule has 0 heteroatoms. The average Bonchev–Trinajstić information content (AvgIpc) is 2.61. The molecule has 104 valence electrons. The zero-order chi connectivity index (χ0) is 15.0. The highest BCUT2D eigenvalue weighted by Crippen LogP contribution is 2.09. The van der Waals surface area contributed by atoms with E-state index in [1.807, 2.05) is 48.5 Å². The van der Waals surface area contributed by atoms with Crippen LogP contribution in [0.2, 0.25) is 0 Å². The Morgan fingerprint density at radius 2 is 0.909 bits per heavy atom. The van der Waals surface area contributed by atoms with Crippen molar-refractivity contribution in [2.24, 2.45) is 0 Å². The Kier molecular flexibility index (Phi) is 4.50. The van der Waals surface area contributed by atoms with Crippen LogP contribution in [0.4, 0.5) is 0 Å². The lowest BCUT2D eigenvalue weighted by molar-refractivity contribution is 1.60. The molecule has 3 aromatic rings. The smallest absolute Gasteiger partial charge is 0.0249 e. The van der Waals surface area contributed by atoms with Crippen LogP contribution in [0, 0.1) is 11.8 Å². The molecule has 0 bridgehead atoms. The van der Waals surface area contributed by atoms with E-state index in [1.54, 1.807) is 0 Å². The van der Waals surface area contributed by atoms with Crippen molar-refractivity contribution in [1.29, 1.82) is 0 Å². The summed E-state index contributed by atoms with van der Waals surface area (Å²) in [6.07, 6.45) is 4.23. The molecule has 0 aromatic heterocycles. The lowest BCUT2D eigenvalue weighted by atomic mass is 10.1. The Morgan fingerprint density at radius 1 is 0.455 bits per heavy atom. The van der Waals surface area contributed by atoms with Gasteiger partial charge < -0.3 is 0 Å². The van der Waals surface area contributed by atoms with Crippen molar-refractivity contribution in [3.05, 3.63) is 107 Å². The first kappa shape index (κ1) is 13.9. The van der Waals surface area contributed by atoms with Crippen molar-refractivity contribution in [3.8, 4) is 11.8 Å². The van der Waals surface area contributed by atoms with Crippen LogP contribution in [0.15, 0.2) is 84.9 Å². The summed E-state index contributed by atoms with van der Waals surface area (Å²) in [5.41, 5.74) is 4.45. The van der Waals surface area contributed by atoms with Crippen molar-refractivity contribution < 1.29 is 0 Å². The molecule has 22 heavy (non-hydrogen) atoms. The maximum Gasteiger partial charge on any atom is 0.0249 e. The fourth-order valence-electron chi connectivity index (χ4n) is 2.10. The van der Waals surface area contributed by atoms with Gasteiger partial charge in [-0.1, -0.05) is 84.7 Å². The third-order valence-electron chi connectivity index (χ3n) is 3.30. The van der Waals surface area contributed by atoms with Crippen LogP contribution >= 0.6 is 0 Å². The minimum atomic E-state index is 1.03. The quantitative estimate of drug-likeness (QED) is 0.444. The number of benzene rings is 3. The maximum absolute atomic E-state index is 3.19. The summed E-state index contributed by atoms with van der Waals surface area (Å²) in [7, 11) is 0. The van der Waals surface area contributed by atoms with Crippen molar-refractivity contribution in [3.63, 3.8) is 0 Å². The molecular weight excluding hydrogens is 264 g/mol. The first-order valence-electron chi connectivity index (χ1n) is 7.30. The van der Waals surface area contributed by atoms with Gasteiger partial charge >= 0.3 is 0 Å². The Balaban J connectivity index is 1.71. The second kappa shape index (κ2) is 7.11. The van der Waals surface area contributed by atoms with Gasteiger partial charge in [-0.3, -0.25) is 0 Å². The van der Waals surface area contributed by atoms with Crippen LogP contribution in [-0.2, 0) is 0 Å². The predicted molar refractivity (Wildman–Crippen MR) is 94.2 cm³/mol. The molecule has 0 aliphatic rings. The zero-order valence-corrected chi connectivity index (χ0v) is 12.2. The van der Waals surface area contributed by atoms with Gasteiger partial charge in [-0.15, -0.1) is 0 Å². The minimum Gasteiger partial charge on any atom is -0.0622 e. The van der Waals surface area contributed by atoms with E-state index in [2.05, 4.69) is 60.4 Å². The molecule has 3 aromatic carbocycles. The molecule has 0 radical (unpaired) electrons. The summed E-state index contributed by atoms with van der Waals surface area (Å²) in [5.74, 6) is 6.36. The van der Waals surface area contributed by atoms with Crippen molar-refractivity contribution in [1.82, 2.24) is 0 Å². The summed E-state index contributed by atoms with van der Waals surface area (Å²) in [5, 5.41) is 0. The summed E-state index contributed by atoms with van der Waals surface area (Å²) < 4.78 is 0. The molecule has 0 heterocycles. The van der Waals surface area contributed by atoms with Crippen LogP contribution < -0.4 is 0 Å². The number of hydrogen-bond donors (Lipinski definition) is 0. The van der Waals surface area contributed by atoms with Gasteiger partial charge in [0.25, 0.3) is 0 Å². The van der Waals surface area contributed by atoms with Gasteiger partial charge in [-0.2, -0.15) is 0 Å². The van der Waals surface area contributed by atoms with E-state index in [0.29, 0.717) is 0 Å². The lowest BCUT2D eigenvalue weighted by Gasteiger charge is -1.95. The molecule has 0 saturated heterocycles. The maximum atomic E-state index is 3.19. The Labute approximate surface area is 131 Å². The van der Waals surface area contributed by atoms with Crippen LogP contribution in [0.25, 0.3) is 12.2 Å². The highest BCUT2D eigenvalue weighted by molar-refractivity contribution is 5.69. The van der Waals surface area contributed by atoms with Gasteiger partial charge in [-0.05, 0) is 35.4 Å². The average molecular weight is 280 g/mol. The second-order valence-corrected chi connectivity index (χ2v) is 4.98. The molecular formula is C22H16. The standard InChI is InChI=1S/C22H16/c1-3-7-19(8-4-1)11-13-21-15-17-22(18-16-21)14-12-20-9-5-2-6-10-20/h1-11,13,15-18H/b13-11+. The predicted octanol–water partition coefficient (Wildman–Crippen LogP) is 5.26. The molecule has 0 saturated carbocycles. The van der Waals surface area contributed by atoms with Gasteiger partial charge in [0, 0.05) is 11.1 Å². The van der Waals surface area contributed by atoms with Gasteiger partial charge in [0.15, 0.2) is 0 Å². The van der Waals surface area contributed by atoms with Crippen molar-refractivity contribution in [2.75, 3.05) is 0 Å². The van der Waals surface area contributed by atoms with Gasteiger partial charge in [0.1, 0.15) is 0 Å². The molecule has 3 rings (SSSR count). The molecule has 0 nitrogen and oxygen atoms in total. The largest absolute Gasteiger partial charge is 0.0622 e. The van der Waals surface area contributed by atoms with Crippen LogP contribution in [0.5, 0.6) is 0 Å². The Hall–Kier alpha value is -3.04. The fourth-order valence-corrected chi connectivity index (χ4v) is 2.10. The third-order valence-corrected chi connectivity index (χ3v) is 3.30. The molecule has 0 amide bonds. The zero-order valence-electron chi connectivity index (χ0n) is 12.2. The van der Waals surface area contributed by atoms with Gasteiger partial charge in [-0.25, -0.2) is 0 Å². The first-order chi connectivity index (χ1) is 10.9. The highest BCUT2D eigenvalue weighted by atomic mass is 13.9. The monoisotopic (exact) mass is 280 g/mol. The first-order valence-corrected chi connectivity index (χ1v) is 7.30. The molecule has 0 N–H and O–H groups in total. The number of hydrogen-bond acceptors (Lipinski definition) is 0. The van der Waals surface area contributed by atoms with E-state index < -0.39 is 0 Å². The fraction of sp³-hybridized carbons (Fsp3) is 0. The van der Waals surface area contributed by atoms with E-state index in [4.69, 9.17) is 0 Å². The van der Waals surface area contributed by atoms with Crippen LogP contribution in [-0.4, -0.2) is 0 Å². The van der Waals surface area contributed by atoms with Gasteiger partial charge in [0.2, 0.25) is 0 Å². The molecule has 0 spiro atoms. The summed E-state index contributed by atoms with van der Waals surface area (Å²) in [4.78, 5) is 0.